The molecule has 0 bridgehead atoms. The zero-order valence-electron chi connectivity index (χ0n) is 14.1. The first-order chi connectivity index (χ1) is 11.0. The molecule has 0 unspecified atom stereocenters. The van der Waals surface area contributed by atoms with Gasteiger partial charge in [0, 0.05) is 35.4 Å². The SMILES string of the molecule is Cc1cc[n+](C)c(-c2ccc3c(c2C)Cc2nc(C)ccc2-3)c1. The first-order valence-corrected chi connectivity index (χ1v) is 8.10. The van der Waals surface area contributed by atoms with Crippen LogP contribution >= 0.6 is 0 Å². The van der Waals surface area contributed by atoms with Gasteiger partial charge in [-0.2, -0.15) is 0 Å². The minimum absolute atomic E-state index is 0.946. The summed E-state index contributed by atoms with van der Waals surface area (Å²) in [6, 6.07) is 13.3. The quantitative estimate of drug-likeness (QED) is 0.484. The molecule has 2 heterocycles. The van der Waals surface area contributed by atoms with Gasteiger partial charge < -0.3 is 0 Å². The van der Waals surface area contributed by atoms with Crippen LogP contribution < -0.4 is 4.57 Å². The molecule has 0 spiro atoms. The molecule has 0 saturated heterocycles. The molecule has 1 aliphatic carbocycles. The van der Waals surface area contributed by atoms with Gasteiger partial charge in [-0.1, -0.05) is 12.1 Å². The van der Waals surface area contributed by atoms with Crippen molar-refractivity contribution in [2.24, 2.45) is 7.05 Å². The zero-order valence-corrected chi connectivity index (χ0v) is 14.1. The van der Waals surface area contributed by atoms with Crippen LogP contribution in [0.15, 0.2) is 42.6 Å². The topological polar surface area (TPSA) is 16.8 Å². The molecule has 0 radical (unpaired) electrons. The van der Waals surface area contributed by atoms with E-state index in [9.17, 15) is 0 Å². The van der Waals surface area contributed by atoms with Crippen LogP contribution in [-0.2, 0) is 13.5 Å². The fourth-order valence-corrected chi connectivity index (χ4v) is 3.62. The molecule has 114 valence electrons. The summed E-state index contributed by atoms with van der Waals surface area (Å²) in [7, 11) is 2.11. The number of rotatable bonds is 1. The number of aryl methyl sites for hydroxylation is 3. The Kier molecular flexibility index (Phi) is 3.08. The molecule has 1 aromatic carbocycles. The maximum Gasteiger partial charge on any atom is 0.212 e. The monoisotopic (exact) mass is 301 g/mol. The third kappa shape index (κ3) is 2.17. The molecule has 23 heavy (non-hydrogen) atoms. The van der Waals surface area contributed by atoms with Crippen molar-refractivity contribution in [3.05, 3.63) is 70.7 Å². The molecule has 0 saturated carbocycles. The summed E-state index contributed by atoms with van der Waals surface area (Å²) in [5.74, 6) is 0. The highest BCUT2D eigenvalue weighted by Crippen LogP contribution is 2.40. The average molecular weight is 301 g/mol. The average Bonchev–Trinajstić information content (AvgIpc) is 2.89. The second kappa shape index (κ2) is 5.02. The van der Waals surface area contributed by atoms with Crippen molar-refractivity contribution in [1.29, 1.82) is 0 Å². The number of pyridine rings is 2. The van der Waals surface area contributed by atoms with Crippen molar-refractivity contribution in [2.45, 2.75) is 27.2 Å². The van der Waals surface area contributed by atoms with Gasteiger partial charge in [0.15, 0.2) is 6.20 Å². The first-order valence-electron chi connectivity index (χ1n) is 8.10. The normalized spacial score (nSPS) is 12.2. The van der Waals surface area contributed by atoms with Gasteiger partial charge in [0.1, 0.15) is 7.05 Å². The van der Waals surface area contributed by atoms with Crippen LogP contribution in [0.5, 0.6) is 0 Å². The van der Waals surface area contributed by atoms with Gasteiger partial charge >= 0.3 is 0 Å². The van der Waals surface area contributed by atoms with Crippen LogP contribution in [0.2, 0.25) is 0 Å². The number of hydrogen-bond donors (Lipinski definition) is 0. The van der Waals surface area contributed by atoms with Crippen molar-refractivity contribution in [2.75, 3.05) is 0 Å². The van der Waals surface area contributed by atoms with Crippen molar-refractivity contribution in [1.82, 2.24) is 4.98 Å². The van der Waals surface area contributed by atoms with E-state index in [1.54, 1.807) is 0 Å². The lowest BCUT2D eigenvalue weighted by atomic mass is 9.94. The first kappa shape index (κ1) is 14.1. The van der Waals surface area contributed by atoms with Gasteiger partial charge in [-0.3, -0.25) is 4.98 Å². The van der Waals surface area contributed by atoms with E-state index < -0.39 is 0 Å². The number of aromatic nitrogens is 2. The van der Waals surface area contributed by atoms with Crippen LogP contribution in [0.25, 0.3) is 22.4 Å². The molecule has 2 nitrogen and oxygen atoms in total. The van der Waals surface area contributed by atoms with E-state index in [1.165, 1.54) is 44.8 Å². The zero-order chi connectivity index (χ0) is 16.1. The van der Waals surface area contributed by atoms with Crippen molar-refractivity contribution >= 4 is 0 Å². The Balaban J connectivity index is 1.90. The summed E-state index contributed by atoms with van der Waals surface area (Å²) in [6.07, 6.45) is 3.08. The van der Waals surface area contributed by atoms with Crippen LogP contribution in [0, 0.1) is 20.8 Å². The predicted molar refractivity (Wildman–Crippen MR) is 93.3 cm³/mol. The molecule has 0 amide bonds. The van der Waals surface area contributed by atoms with Crippen molar-refractivity contribution in [3.8, 4) is 22.4 Å². The lowest BCUT2D eigenvalue weighted by Gasteiger charge is -2.10. The highest BCUT2D eigenvalue weighted by atomic mass is 14.9. The van der Waals surface area contributed by atoms with Crippen LogP contribution in [0.3, 0.4) is 0 Å². The summed E-state index contributed by atoms with van der Waals surface area (Å²) in [5.41, 5.74) is 11.6. The van der Waals surface area contributed by atoms with Gasteiger partial charge in [0.05, 0.1) is 5.69 Å². The van der Waals surface area contributed by atoms with E-state index >= 15 is 0 Å². The van der Waals surface area contributed by atoms with Crippen LogP contribution in [0.4, 0.5) is 0 Å². The number of hydrogen-bond acceptors (Lipinski definition) is 1. The van der Waals surface area contributed by atoms with Gasteiger partial charge in [-0.05, 0) is 55.2 Å². The largest absolute Gasteiger partial charge is 0.257 e. The highest BCUT2D eigenvalue weighted by Gasteiger charge is 2.24. The molecule has 2 aromatic heterocycles. The van der Waals surface area contributed by atoms with Crippen LogP contribution in [0.1, 0.15) is 28.1 Å². The summed E-state index contributed by atoms with van der Waals surface area (Å²) in [5, 5.41) is 0. The van der Waals surface area contributed by atoms with Gasteiger partial charge in [-0.25, -0.2) is 4.57 Å². The number of benzene rings is 1. The van der Waals surface area contributed by atoms with Crippen LogP contribution in [-0.4, -0.2) is 4.98 Å². The minimum Gasteiger partial charge on any atom is -0.257 e. The smallest absolute Gasteiger partial charge is 0.212 e. The maximum absolute atomic E-state index is 4.74. The third-order valence-corrected chi connectivity index (χ3v) is 4.93. The fourth-order valence-electron chi connectivity index (χ4n) is 3.62. The Morgan fingerprint density at radius 1 is 0.913 bits per heavy atom. The lowest BCUT2D eigenvalue weighted by molar-refractivity contribution is -0.660. The molecule has 0 N–H and O–H groups in total. The minimum atomic E-state index is 0.946. The van der Waals surface area contributed by atoms with E-state index in [0.29, 0.717) is 0 Å². The Hall–Kier alpha value is -2.48. The molecule has 0 atom stereocenters. The van der Waals surface area contributed by atoms with Crippen molar-refractivity contribution in [3.63, 3.8) is 0 Å². The third-order valence-electron chi connectivity index (χ3n) is 4.93. The van der Waals surface area contributed by atoms with Gasteiger partial charge in [0.2, 0.25) is 5.69 Å². The molecule has 0 aliphatic heterocycles. The van der Waals surface area contributed by atoms with Gasteiger partial charge in [0.25, 0.3) is 0 Å². The molecular formula is C21H21N2+. The summed E-state index contributed by atoms with van der Waals surface area (Å²) < 4.78 is 2.20. The molecule has 3 aromatic rings. The van der Waals surface area contributed by atoms with E-state index in [2.05, 4.69) is 75.0 Å². The fraction of sp³-hybridized carbons (Fsp3) is 0.238. The van der Waals surface area contributed by atoms with E-state index in [-0.39, 0.29) is 0 Å². The predicted octanol–water partition coefficient (Wildman–Crippen LogP) is 4.07. The Morgan fingerprint density at radius 3 is 2.48 bits per heavy atom. The van der Waals surface area contributed by atoms with Gasteiger partial charge in [-0.15, -0.1) is 0 Å². The Bertz CT molecular complexity index is 939. The standard InChI is InChI=1S/C21H21N2/c1-13-9-10-23(4)21(11-13)16-7-8-17-18-6-5-14(2)22-20(18)12-19(17)15(16)3/h5-11H,12H2,1-4H3/q+1. The van der Waals surface area contributed by atoms with E-state index in [1.807, 2.05) is 0 Å². The number of nitrogens with zero attached hydrogens (tertiary/aromatic N) is 2. The van der Waals surface area contributed by atoms with Crippen molar-refractivity contribution < 1.29 is 4.57 Å². The highest BCUT2D eigenvalue weighted by molar-refractivity contribution is 5.80. The van der Waals surface area contributed by atoms with E-state index in [0.717, 1.165) is 12.1 Å². The summed E-state index contributed by atoms with van der Waals surface area (Å²) in [4.78, 5) is 4.74. The lowest BCUT2D eigenvalue weighted by Crippen LogP contribution is -2.30. The molecule has 4 rings (SSSR count). The summed E-state index contributed by atoms with van der Waals surface area (Å²) in [6.45, 7) is 6.46. The van der Waals surface area contributed by atoms with E-state index in [4.69, 9.17) is 4.98 Å². The number of fused-ring (bicyclic) bond motifs is 3. The molecule has 0 fully saturated rings. The molecular weight excluding hydrogens is 280 g/mol. The maximum atomic E-state index is 4.74. The molecule has 2 heteroatoms. The second-order valence-corrected chi connectivity index (χ2v) is 6.59. The Morgan fingerprint density at radius 2 is 1.65 bits per heavy atom. The molecule has 1 aliphatic rings. The summed E-state index contributed by atoms with van der Waals surface area (Å²) >= 11 is 0. The second-order valence-electron chi connectivity index (χ2n) is 6.59. The Labute approximate surface area is 137 Å².